The Bertz CT molecular complexity index is 757. The summed E-state index contributed by atoms with van der Waals surface area (Å²) in [4.78, 5) is 2.24. The van der Waals surface area contributed by atoms with Crippen molar-refractivity contribution in [3.05, 3.63) is 54.3 Å². The third-order valence-corrected chi connectivity index (χ3v) is 5.10. The molecule has 6 heteroatoms. The zero-order chi connectivity index (χ0) is 15.6. The molecule has 0 unspecified atom stereocenters. The van der Waals surface area contributed by atoms with E-state index in [2.05, 4.69) is 9.62 Å². The van der Waals surface area contributed by atoms with Gasteiger partial charge >= 0.3 is 0 Å². The van der Waals surface area contributed by atoms with Crippen molar-refractivity contribution < 1.29 is 12.8 Å². The van der Waals surface area contributed by atoms with Crippen LogP contribution >= 0.6 is 0 Å². The molecule has 0 aromatic heterocycles. The fourth-order valence-corrected chi connectivity index (χ4v) is 3.65. The maximum atomic E-state index is 14.0. The van der Waals surface area contributed by atoms with Gasteiger partial charge in [-0.3, -0.25) is 4.72 Å². The number of hydrogen-bond acceptors (Lipinski definition) is 3. The molecule has 1 aliphatic rings. The van der Waals surface area contributed by atoms with E-state index in [-0.39, 0.29) is 10.6 Å². The van der Waals surface area contributed by atoms with Gasteiger partial charge < -0.3 is 4.90 Å². The van der Waals surface area contributed by atoms with Crippen molar-refractivity contribution >= 4 is 21.4 Å². The maximum absolute atomic E-state index is 14.0. The summed E-state index contributed by atoms with van der Waals surface area (Å²) in [5.74, 6) is -0.581. The van der Waals surface area contributed by atoms with Gasteiger partial charge in [0.1, 0.15) is 5.82 Å². The Labute approximate surface area is 129 Å². The van der Waals surface area contributed by atoms with Crippen molar-refractivity contribution in [2.45, 2.75) is 17.7 Å². The van der Waals surface area contributed by atoms with E-state index in [0.717, 1.165) is 31.6 Å². The number of anilines is 2. The smallest absolute Gasteiger partial charge is 0.261 e. The monoisotopic (exact) mass is 320 g/mol. The SMILES string of the molecule is O=S(=O)(Nc1cc(N2CCCC2)ccc1F)c1ccccc1. The highest BCUT2D eigenvalue weighted by molar-refractivity contribution is 7.92. The molecule has 0 radical (unpaired) electrons. The van der Waals surface area contributed by atoms with Crippen molar-refractivity contribution in [3.8, 4) is 0 Å². The van der Waals surface area contributed by atoms with Crippen molar-refractivity contribution in [2.24, 2.45) is 0 Å². The average molecular weight is 320 g/mol. The normalized spacial score (nSPS) is 15.0. The largest absolute Gasteiger partial charge is 0.371 e. The molecule has 0 atom stereocenters. The predicted molar refractivity (Wildman–Crippen MR) is 85.1 cm³/mol. The first kappa shape index (κ1) is 14.8. The fraction of sp³-hybridized carbons (Fsp3) is 0.250. The van der Waals surface area contributed by atoms with Crippen LogP contribution in [0.5, 0.6) is 0 Å². The highest BCUT2D eigenvalue weighted by Gasteiger charge is 2.18. The van der Waals surface area contributed by atoms with E-state index in [0.29, 0.717) is 0 Å². The molecule has 1 aliphatic heterocycles. The van der Waals surface area contributed by atoms with Gasteiger partial charge in [0.05, 0.1) is 10.6 Å². The Morgan fingerprint density at radius 3 is 2.36 bits per heavy atom. The Kier molecular flexibility index (Phi) is 4.02. The van der Waals surface area contributed by atoms with Crippen LogP contribution in [0.15, 0.2) is 53.4 Å². The molecule has 0 bridgehead atoms. The lowest BCUT2D eigenvalue weighted by molar-refractivity contribution is 0.598. The Morgan fingerprint density at radius 2 is 1.68 bits per heavy atom. The maximum Gasteiger partial charge on any atom is 0.261 e. The van der Waals surface area contributed by atoms with E-state index in [4.69, 9.17) is 0 Å². The van der Waals surface area contributed by atoms with Gasteiger partial charge in [-0.25, -0.2) is 12.8 Å². The van der Waals surface area contributed by atoms with E-state index < -0.39 is 15.8 Å². The van der Waals surface area contributed by atoms with E-state index >= 15 is 0 Å². The van der Waals surface area contributed by atoms with Gasteiger partial charge in [0.25, 0.3) is 10.0 Å². The summed E-state index contributed by atoms with van der Waals surface area (Å²) in [6.45, 7) is 1.83. The number of nitrogens with zero attached hydrogens (tertiary/aromatic N) is 1. The molecule has 2 aromatic carbocycles. The fourth-order valence-electron chi connectivity index (χ4n) is 2.57. The minimum Gasteiger partial charge on any atom is -0.371 e. The molecule has 116 valence electrons. The van der Waals surface area contributed by atoms with Crippen LogP contribution in [0.4, 0.5) is 15.8 Å². The lowest BCUT2D eigenvalue weighted by atomic mass is 10.2. The van der Waals surface area contributed by atoms with Gasteiger partial charge in [-0.15, -0.1) is 0 Å². The Morgan fingerprint density at radius 1 is 1.00 bits per heavy atom. The quantitative estimate of drug-likeness (QED) is 0.941. The third-order valence-electron chi connectivity index (χ3n) is 3.72. The second-order valence-electron chi connectivity index (χ2n) is 5.28. The molecular formula is C16H17FN2O2S. The van der Waals surface area contributed by atoms with Crippen molar-refractivity contribution in [1.29, 1.82) is 0 Å². The number of nitrogens with one attached hydrogen (secondary N) is 1. The molecule has 2 aromatic rings. The van der Waals surface area contributed by atoms with E-state index in [1.807, 2.05) is 0 Å². The first-order valence-electron chi connectivity index (χ1n) is 7.19. The Balaban J connectivity index is 1.90. The Hall–Kier alpha value is -2.08. The van der Waals surface area contributed by atoms with Gasteiger partial charge in [-0.05, 0) is 43.2 Å². The number of halogens is 1. The van der Waals surface area contributed by atoms with Gasteiger partial charge in [0, 0.05) is 18.8 Å². The molecule has 1 heterocycles. The van der Waals surface area contributed by atoms with Crippen LogP contribution in [0.3, 0.4) is 0 Å². The lowest BCUT2D eigenvalue weighted by Gasteiger charge is -2.19. The summed E-state index contributed by atoms with van der Waals surface area (Å²) >= 11 is 0. The molecule has 0 aliphatic carbocycles. The number of rotatable bonds is 4. The molecule has 22 heavy (non-hydrogen) atoms. The highest BCUT2D eigenvalue weighted by atomic mass is 32.2. The van der Waals surface area contributed by atoms with Crippen molar-refractivity contribution in [3.63, 3.8) is 0 Å². The van der Waals surface area contributed by atoms with Crippen LogP contribution in [0, 0.1) is 5.82 Å². The molecule has 0 spiro atoms. The van der Waals surface area contributed by atoms with E-state index in [9.17, 15) is 12.8 Å². The predicted octanol–water partition coefficient (Wildman–Crippen LogP) is 3.23. The van der Waals surface area contributed by atoms with Crippen LogP contribution in [-0.2, 0) is 10.0 Å². The molecule has 1 N–H and O–H groups in total. The first-order valence-corrected chi connectivity index (χ1v) is 8.67. The molecule has 3 rings (SSSR count). The van der Waals surface area contributed by atoms with Gasteiger partial charge in [0.2, 0.25) is 0 Å². The summed E-state index contributed by atoms with van der Waals surface area (Å²) in [5, 5.41) is 0. The minimum atomic E-state index is -3.78. The minimum absolute atomic E-state index is 0.0201. The van der Waals surface area contributed by atoms with Crippen LogP contribution in [0.25, 0.3) is 0 Å². The van der Waals surface area contributed by atoms with Gasteiger partial charge in [0.15, 0.2) is 0 Å². The summed E-state index contributed by atoms with van der Waals surface area (Å²) < 4.78 is 40.9. The molecule has 1 saturated heterocycles. The topological polar surface area (TPSA) is 49.4 Å². The molecular weight excluding hydrogens is 303 g/mol. The van der Waals surface area contributed by atoms with E-state index in [1.165, 1.54) is 18.2 Å². The van der Waals surface area contributed by atoms with E-state index in [1.54, 1.807) is 30.3 Å². The van der Waals surface area contributed by atoms with Crippen LogP contribution in [0.2, 0.25) is 0 Å². The molecule has 0 amide bonds. The zero-order valence-corrected chi connectivity index (χ0v) is 12.8. The average Bonchev–Trinajstić information content (AvgIpc) is 3.04. The van der Waals surface area contributed by atoms with Gasteiger partial charge in [-0.2, -0.15) is 0 Å². The lowest BCUT2D eigenvalue weighted by Crippen LogP contribution is -2.19. The summed E-state index contributed by atoms with van der Waals surface area (Å²) in [6.07, 6.45) is 2.20. The standard InChI is InChI=1S/C16H17FN2O2S/c17-15-9-8-13(19-10-4-5-11-19)12-16(15)18-22(20,21)14-6-2-1-3-7-14/h1-3,6-9,12,18H,4-5,10-11H2. The highest BCUT2D eigenvalue weighted by Crippen LogP contribution is 2.27. The number of hydrogen-bond donors (Lipinski definition) is 1. The number of benzene rings is 2. The van der Waals surface area contributed by atoms with Crippen LogP contribution in [-0.4, -0.2) is 21.5 Å². The summed E-state index contributed by atoms with van der Waals surface area (Å²) in [5.41, 5.74) is 0.818. The zero-order valence-electron chi connectivity index (χ0n) is 12.0. The first-order chi connectivity index (χ1) is 10.6. The molecule has 0 saturated carbocycles. The van der Waals surface area contributed by atoms with Crippen molar-refractivity contribution in [2.75, 3.05) is 22.7 Å². The second-order valence-corrected chi connectivity index (χ2v) is 6.96. The summed E-state index contributed by atoms with van der Waals surface area (Å²) in [6, 6.07) is 12.5. The third kappa shape index (κ3) is 3.06. The number of sulfonamides is 1. The second kappa shape index (κ2) is 5.96. The summed E-state index contributed by atoms with van der Waals surface area (Å²) in [7, 11) is -3.78. The van der Waals surface area contributed by atoms with Crippen molar-refractivity contribution in [1.82, 2.24) is 0 Å². The van der Waals surface area contributed by atoms with Gasteiger partial charge in [-0.1, -0.05) is 18.2 Å². The molecule has 1 fully saturated rings. The molecule has 4 nitrogen and oxygen atoms in total. The van der Waals surface area contributed by atoms with Crippen LogP contribution in [0.1, 0.15) is 12.8 Å². The van der Waals surface area contributed by atoms with Crippen LogP contribution < -0.4 is 9.62 Å².